The molecule has 4 amide bonds. The Labute approximate surface area is 368 Å². The highest BCUT2D eigenvalue weighted by Gasteiger charge is 2.39. The molecule has 2 saturated heterocycles. The fourth-order valence-electron chi connectivity index (χ4n) is 9.10. The van der Waals surface area contributed by atoms with Gasteiger partial charge >= 0.3 is 12.2 Å². The summed E-state index contributed by atoms with van der Waals surface area (Å²) in [6.07, 6.45) is 4.48. The first-order chi connectivity index (χ1) is 30.6. The first-order valence-corrected chi connectivity index (χ1v) is 22.3. The van der Waals surface area contributed by atoms with Crippen LogP contribution in [0.3, 0.4) is 0 Å². The molecule has 0 aliphatic carbocycles. The molecule has 2 aliphatic heterocycles. The van der Waals surface area contributed by atoms with Crippen LogP contribution in [0.25, 0.3) is 53.6 Å². The first kappa shape index (κ1) is 41.6. The van der Waals surface area contributed by atoms with Crippen LogP contribution in [0.15, 0.2) is 91.1 Å². The Morgan fingerprint density at radius 2 is 1.38 bits per heavy atom. The highest BCUT2D eigenvalue weighted by molar-refractivity contribution is 7.25. The average molecular weight is 867 g/mol. The SMILES string of the molecule is CC[C@H](C)[C@H](NC(=O)OC)C(=O)N1CCC[C@H]1c1nc2ccc(-c3ccc4c(c3)sc3cc(-c5cnc([C@@H]6CCCN6C(=O)[C@H](NC(=O)OC)c6ccccc6)[nH]5)ccc34)cc2[nH]1. The van der Waals surface area contributed by atoms with E-state index in [1.807, 2.05) is 61.3 Å². The molecule has 324 valence electrons. The lowest BCUT2D eigenvalue weighted by Crippen LogP contribution is -2.51. The Balaban J connectivity index is 0.935. The summed E-state index contributed by atoms with van der Waals surface area (Å²) in [6.45, 7) is 5.12. The number of hydrogen-bond acceptors (Lipinski definition) is 9. The summed E-state index contributed by atoms with van der Waals surface area (Å²) < 4.78 is 12.0. The zero-order valence-electron chi connectivity index (χ0n) is 35.6. The molecule has 4 aromatic carbocycles. The van der Waals surface area contributed by atoms with E-state index in [1.54, 1.807) is 16.2 Å². The highest BCUT2D eigenvalue weighted by Crippen LogP contribution is 2.40. The van der Waals surface area contributed by atoms with Gasteiger partial charge < -0.3 is 39.9 Å². The van der Waals surface area contributed by atoms with Gasteiger partial charge in [-0.15, -0.1) is 11.3 Å². The number of rotatable bonds is 11. The number of imidazole rings is 2. The molecule has 3 aromatic heterocycles. The van der Waals surface area contributed by atoms with Crippen molar-refractivity contribution in [3.8, 4) is 22.4 Å². The molecule has 4 N–H and O–H groups in total. The summed E-state index contributed by atoms with van der Waals surface area (Å²) >= 11 is 1.74. The normalized spacial score (nSPS) is 17.8. The lowest BCUT2D eigenvalue weighted by atomic mass is 9.97. The summed E-state index contributed by atoms with van der Waals surface area (Å²) in [5, 5.41) is 7.85. The van der Waals surface area contributed by atoms with Gasteiger partial charge in [-0.1, -0.05) is 80.9 Å². The number of aromatic amines is 2. The monoisotopic (exact) mass is 866 g/mol. The maximum atomic E-state index is 14.0. The molecule has 0 unspecified atom stereocenters. The van der Waals surface area contributed by atoms with Crippen molar-refractivity contribution in [2.75, 3.05) is 27.3 Å². The van der Waals surface area contributed by atoms with Crippen molar-refractivity contribution in [1.29, 1.82) is 0 Å². The Morgan fingerprint density at radius 1 is 0.762 bits per heavy atom. The molecular weight excluding hydrogens is 817 g/mol. The number of hydrogen-bond donors (Lipinski definition) is 4. The smallest absolute Gasteiger partial charge is 0.407 e. The summed E-state index contributed by atoms with van der Waals surface area (Å²) in [6, 6.07) is 26.4. The van der Waals surface area contributed by atoms with Crippen LogP contribution in [0.5, 0.6) is 0 Å². The zero-order chi connectivity index (χ0) is 43.8. The van der Waals surface area contributed by atoms with Gasteiger partial charge in [0.2, 0.25) is 5.91 Å². The predicted octanol–water partition coefficient (Wildman–Crippen LogP) is 9.18. The zero-order valence-corrected chi connectivity index (χ0v) is 36.5. The minimum Gasteiger partial charge on any atom is -0.453 e. The summed E-state index contributed by atoms with van der Waals surface area (Å²) in [5.41, 5.74) is 6.40. The quantitative estimate of drug-likeness (QED) is 0.0996. The van der Waals surface area contributed by atoms with E-state index in [-0.39, 0.29) is 29.8 Å². The molecular formula is C48H50N8O6S. The fraction of sp³-hybridized carbons (Fsp3) is 0.333. The number of amides is 4. The Kier molecular flexibility index (Phi) is 11.6. The van der Waals surface area contributed by atoms with Crippen molar-refractivity contribution in [3.63, 3.8) is 0 Å². The fourth-order valence-corrected chi connectivity index (χ4v) is 10.3. The Bertz CT molecular complexity index is 2840. The van der Waals surface area contributed by atoms with Crippen LogP contribution >= 0.6 is 11.3 Å². The van der Waals surface area contributed by atoms with Gasteiger partial charge in [-0.05, 0) is 72.6 Å². The number of ether oxygens (including phenoxy) is 2. The van der Waals surface area contributed by atoms with Gasteiger partial charge in [0.15, 0.2) is 0 Å². The van der Waals surface area contributed by atoms with Crippen LogP contribution in [-0.2, 0) is 19.1 Å². The van der Waals surface area contributed by atoms with E-state index in [0.717, 1.165) is 76.0 Å². The third kappa shape index (κ3) is 8.08. The number of carbonyl (C=O) groups is 4. The number of alkyl carbamates (subject to hydrolysis) is 2. The Morgan fingerprint density at radius 3 is 2.08 bits per heavy atom. The largest absolute Gasteiger partial charge is 0.453 e. The van der Waals surface area contributed by atoms with Gasteiger partial charge in [-0.3, -0.25) is 9.59 Å². The molecule has 0 bridgehead atoms. The maximum absolute atomic E-state index is 14.0. The molecule has 5 atom stereocenters. The number of methoxy groups -OCH3 is 2. The number of fused-ring (bicyclic) bond motifs is 4. The molecule has 15 heteroatoms. The number of carbonyl (C=O) groups excluding carboxylic acids is 4. The molecule has 63 heavy (non-hydrogen) atoms. The van der Waals surface area contributed by atoms with E-state index in [1.165, 1.54) is 29.7 Å². The number of aromatic nitrogens is 4. The molecule has 5 heterocycles. The minimum absolute atomic E-state index is 0.0610. The summed E-state index contributed by atoms with van der Waals surface area (Å²) in [5.74, 6) is 1.06. The van der Waals surface area contributed by atoms with Gasteiger partial charge in [0, 0.05) is 38.8 Å². The predicted molar refractivity (Wildman–Crippen MR) is 243 cm³/mol. The highest BCUT2D eigenvalue weighted by atomic mass is 32.1. The lowest BCUT2D eigenvalue weighted by molar-refractivity contribution is -0.136. The number of thiophene rings is 1. The van der Waals surface area contributed by atoms with E-state index < -0.39 is 24.3 Å². The topological polar surface area (TPSA) is 175 Å². The van der Waals surface area contributed by atoms with Gasteiger partial charge in [-0.25, -0.2) is 19.6 Å². The summed E-state index contributed by atoms with van der Waals surface area (Å²) in [7, 11) is 2.59. The Hall–Kier alpha value is -6.74. The number of H-pyrrole nitrogens is 2. The lowest BCUT2D eigenvalue weighted by Gasteiger charge is -2.30. The number of nitrogens with zero attached hydrogens (tertiary/aromatic N) is 4. The summed E-state index contributed by atoms with van der Waals surface area (Å²) in [4.78, 5) is 72.7. The standard InChI is InChI=1S/C48H50N8O6S/c1-5-27(2)41(53-47(59)61-3)45(57)56-22-10-14-38(56)44-50-34-20-17-29(23-35(34)51-44)30-15-18-32-33-19-16-31(25-40(33)63-39(32)24-30)36-26-49-43(52-36)37-13-9-21-55(37)46(58)42(54-48(60)62-4)28-11-7-6-8-12-28/h6-8,11-12,15-20,23-27,37-38,41-42H,5,9-10,13-14,21-22H2,1-4H3,(H,49,52)(H,50,51)(H,53,59)(H,54,60)/t27-,37-,38-,41-,42+/m0/s1. The molecule has 0 radical (unpaired) electrons. The number of likely N-dealkylation sites (tertiary alicyclic amines) is 2. The molecule has 7 aromatic rings. The number of nitrogens with one attached hydrogen (secondary N) is 4. The van der Waals surface area contributed by atoms with E-state index >= 15 is 0 Å². The van der Waals surface area contributed by atoms with Gasteiger partial charge in [0.25, 0.3) is 5.91 Å². The van der Waals surface area contributed by atoms with Crippen molar-refractivity contribution in [2.45, 2.75) is 70.1 Å². The molecule has 14 nitrogen and oxygen atoms in total. The van der Waals surface area contributed by atoms with Crippen molar-refractivity contribution in [1.82, 2.24) is 40.4 Å². The van der Waals surface area contributed by atoms with E-state index in [4.69, 9.17) is 19.4 Å². The van der Waals surface area contributed by atoms with Crippen LogP contribution in [0.2, 0.25) is 0 Å². The van der Waals surface area contributed by atoms with E-state index in [0.29, 0.717) is 24.5 Å². The van der Waals surface area contributed by atoms with Crippen LogP contribution in [0.4, 0.5) is 9.59 Å². The van der Waals surface area contributed by atoms with Crippen molar-refractivity contribution in [3.05, 3.63) is 108 Å². The van der Waals surface area contributed by atoms with Crippen molar-refractivity contribution < 1.29 is 28.7 Å². The van der Waals surface area contributed by atoms with Crippen LogP contribution in [0.1, 0.15) is 81.3 Å². The first-order valence-electron chi connectivity index (χ1n) is 21.5. The van der Waals surface area contributed by atoms with Gasteiger partial charge in [0.05, 0.1) is 49.2 Å². The van der Waals surface area contributed by atoms with Crippen LogP contribution in [-0.4, -0.2) is 87.1 Å². The van der Waals surface area contributed by atoms with Gasteiger partial charge in [0.1, 0.15) is 23.7 Å². The molecule has 0 saturated carbocycles. The van der Waals surface area contributed by atoms with Crippen LogP contribution in [0, 0.1) is 5.92 Å². The molecule has 2 fully saturated rings. The molecule has 2 aliphatic rings. The van der Waals surface area contributed by atoms with Crippen molar-refractivity contribution in [2.24, 2.45) is 5.92 Å². The van der Waals surface area contributed by atoms with E-state index in [2.05, 4.69) is 69.1 Å². The second kappa shape index (κ2) is 17.6. The second-order valence-corrected chi connectivity index (χ2v) is 17.5. The second-order valence-electron chi connectivity index (χ2n) is 16.4. The third-order valence-electron chi connectivity index (χ3n) is 12.7. The molecule has 0 spiro atoms. The van der Waals surface area contributed by atoms with Crippen LogP contribution < -0.4 is 10.6 Å². The average Bonchev–Trinajstić information content (AvgIpc) is 4.17. The minimum atomic E-state index is -0.884. The maximum Gasteiger partial charge on any atom is 0.407 e. The van der Waals surface area contributed by atoms with E-state index in [9.17, 15) is 19.2 Å². The number of benzene rings is 4. The van der Waals surface area contributed by atoms with Crippen molar-refractivity contribution >= 4 is 66.5 Å². The molecule has 9 rings (SSSR count). The third-order valence-corrected chi connectivity index (χ3v) is 13.8. The van der Waals surface area contributed by atoms with Gasteiger partial charge in [-0.2, -0.15) is 0 Å².